The normalized spacial score (nSPS) is 17.3. The second kappa shape index (κ2) is 8.16. The summed E-state index contributed by atoms with van der Waals surface area (Å²) in [5, 5.41) is 0. The van der Waals surface area contributed by atoms with Crippen molar-refractivity contribution in [2.75, 3.05) is 19.7 Å². The summed E-state index contributed by atoms with van der Waals surface area (Å²) in [7, 11) is 0. The van der Waals surface area contributed by atoms with Crippen molar-refractivity contribution >= 4 is 32.9 Å². The number of amides is 1. The average molecular weight is 498 g/mol. The summed E-state index contributed by atoms with van der Waals surface area (Å²) in [5.41, 5.74) is 2.23. The van der Waals surface area contributed by atoms with Crippen molar-refractivity contribution < 1.29 is 22.7 Å². The molecular formula is C21H19BrF3N3O3. The maximum atomic E-state index is 13.3. The van der Waals surface area contributed by atoms with Crippen molar-refractivity contribution in [3.05, 3.63) is 63.0 Å². The van der Waals surface area contributed by atoms with Gasteiger partial charge in [-0.3, -0.25) is 13.9 Å². The Morgan fingerprint density at radius 1 is 1.19 bits per heavy atom. The number of hydrogen-bond donors (Lipinski definition) is 0. The molecular weight excluding hydrogens is 479 g/mol. The van der Waals surface area contributed by atoms with Crippen molar-refractivity contribution in [2.45, 2.75) is 25.7 Å². The molecule has 0 saturated carbocycles. The second-order valence-electron chi connectivity index (χ2n) is 7.36. The Morgan fingerprint density at radius 2 is 1.90 bits per heavy atom. The van der Waals surface area contributed by atoms with Crippen LogP contribution in [0.4, 0.5) is 13.2 Å². The van der Waals surface area contributed by atoms with Crippen molar-refractivity contribution in [1.82, 2.24) is 14.0 Å². The van der Waals surface area contributed by atoms with Gasteiger partial charge in [0.05, 0.1) is 29.9 Å². The lowest BCUT2D eigenvalue weighted by atomic mass is 10.2. The van der Waals surface area contributed by atoms with Crippen LogP contribution in [0.25, 0.3) is 16.7 Å². The summed E-state index contributed by atoms with van der Waals surface area (Å²) < 4.78 is 47.5. The standard InChI is InChI=1S/C21H19BrF3N3O3/c1-13-3-2-4-16-19(13)28(15-7-5-14(22)6-8-15)20(30)27(16)12-18(29)26-9-10-31-17(11-26)21(23,24)25/h2-8,17H,9-12H2,1H3. The molecule has 1 aliphatic rings. The molecule has 1 atom stereocenters. The molecule has 1 aromatic heterocycles. The highest BCUT2D eigenvalue weighted by atomic mass is 79.9. The number of imidazole rings is 1. The predicted octanol–water partition coefficient (Wildman–Crippen LogP) is 3.65. The number of rotatable bonds is 3. The van der Waals surface area contributed by atoms with Crippen molar-refractivity contribution in [1.29, 1.82) is 0 Å². The predicted molar refractivity (Wildman–Crippen MR) is 112 cm³/mol. The number of benzene rings is 2. The van der Waals surface area contributed by atoms with Gasteiger partial charge in [-0.15, -0.1) is 0 Å². The van der Waals surface area contributed by atoms with E-state index in [2.05, 4.69) is 15.9 Å². The Hall–Kier alpha value is -2.59. The minimum absolute atomic E-state index is 0.0462. The number of para-hydroxylation sites is 1. The second-order valence-corrected chi connectivity index (χ2v) is 8.28. The minimum Gasteiger partial charge on any atom is -0.365 e. The number of carbonyl (C=O) groups excluding carboxylic acids is 1. The van der Waals surface area contributed by atoms with Crippen LogP contribution in [0.15, 0.2) is 51.7 Å². The largest absolute Gasteiger partial charge is 0.416 e. The lowest BCUT2D eigenvalue weighted by molar-refractivity contribution is -0.236. The molecule has 1 saturated heterocycles. The van der Waals surface area contributed by atoms with Crippen molar-refractivity contribution in [2.24, 2.45) is 0 Å². The first kappa shape index (κ1) is 21.6. The van der Waals surface area contributed by atoms with E-state index in [1.165, 1.54) is 9.13 Å². The lowest BCUT2D eigenvalue weighted by Crippen LogP contribution is -2.52. The molecule has 4 rings (SSSR count). The number of nitrogens with zero attached hydrogens (tertiary/aromatic N) is 3. The number of aryl methyl sites for hydroxylation is 1. The van der Waals surface area contributed by atoms with Gasteiger partial charge >= 0.3 is 11.9 Å². The maximum absolute atomic E-state index is 13.3. The van der Waals surface area contributed by atoms with Crippen LogP contribution in [0.5, 0.6) is 0 Å². The molecule has 1 aliphatic heterocycles. The third-order valence-corrected chi connectivity index (χ3v) is 5.84. The Labute approximate surface area is 183 Å². The Balaban J connectivity index is 1.73. The van der Waals surface area contributed by atoms with Gasteiger partial charge in [-0.05, 0) is 42.8 Å². The Bertz CT molecular complexity index is 1180. The number of carbonyl (C=O) groups is 1. The van der Waals surface area contributed by atoms with Crippen molar-refractivity contribution in [3.63, 3.8) is 0 Å². The van der Waals surface area contributed by atoms with Gasteiger partial charge in [0, 0.05) is 11.0 Å². The van der Waals surface area contributed by atoms with E-state index in [9.17, 15) is 22.8 Å². The number of aromatic nitrogens is 2. The fourth-order valence-electron chi connectivity index (χ4n) is 3.76. The highest BCUT2D eigenvalue weighted by Gasteiger charge is 2.44. The van der Waals surface area contributed by atoms with Gasteiger partial charge in [0.1, 0.15) is 6.54 Å². The summed E-state index contributed by atoms with van der Waals surface area (Å²) >= 11 is 3.37. The van der Waals surface area contributed by atoms with E-state index >= 15 is 0 Å². The maximum Gasteiger partial charge on any atom is 0.416 e. The zero-order valence-corrected chi connectivity index (χ0v) is 18.1. The van der Waals surface area contributed by atoms with Crippen LogP contribution in [0.3, 0.4) is 0 Å². The molecule has 0 bridgehead atoms. The molecule has 2 heterocycles. The first-order valence-electron chi connectivity index (χ1n) is 9.59. The van der Waals surface area contributed by atoms with E-state index in [-0.39, 0.29) is 19.7 Å². The van der Waals surface area contributed by atoms with Crippen molar-refractivity contribution in [3.8, 4) is 5.69 Å². The first-order valence-corrected chi connectivity index (χ1v) is 10.4. The van der Waals surface area contributed by atoms with Gasteiger partial charge in [0.25, 0.3) is 0 Å². The van der Waals surface area contributed by atoms with Crippen LogP contribution in [-0.2, 0) is 16.1 Å². The van der Waals surface area contributed by atoms with Crippen LogP contribution in [-0.4, -0.2) is 51.9 Å². The van der Waals surface area contributed by atoms with Crippen LogP contribution in [0, 0.1) is 6.92 Å². The number of ether oxygens (including phenoxy) is 1. The third kappa shape index (κ3) is 4.14. The van der Waals surface area contributed by atoms with Crippen LogP contribution >= 0.6 is 15.9 Å². The molecule has 164 valence electrons. The molecule has 0 N–H and O–H groups in total. The smallest absolute Gasteiger partial charge is 0.365 e. The summed E-state index contributed by atoms with van der Waals surface area (Å²) in [6.45, 7) is 0.767. The van der Waals surface area contributed by atoms with E-state index in [1.54, 1.807) is 36.4 Å². The van der Waals surface area contributed by atoms with Gasteiger partial charge in [-0.25, -0.2) is 4.79 Å². The van der Waals surface area contributed by atoms with Gasteiger partial charge in [0.2, 0.25) is 5.91 Å². The van der Waals surface area contributed by atoms with E-state index in [0.717, 1.165) is 14.9 Å². The van der Waals surface area contributed by atoms with E-state index < -0.39 is 30.4 Å². The molecule has 1 fully saturated rings. The summed E-state index contributed by atoms with van der Waals surface area (Å²) in [6.07, 6.45) is -6.57. The summed E-state index contributed by atoms with van der Waals surface area (Å²) in [6, 6.07) is 12.5. The molecule has 10 heteroatoms. The first-order chi connectivity index (χ1) is 14.7. The molecule has 3 aromatic rings. The van der Waals surface area contributed by atoms with Gasteiger partial charge < -0.3 is 9.64 Å². The topological polar surface area (TPSA) is 56.5 Å². The summed E-state index contributed by atoms with van der Waals surface area (Å²) in [5.74, 6) is -0.559. The Morgan fingerprint density at radius 3 is 2.58 bits per heavy atom. The Kier molecular flexibility index (Phi) is 5.69. The zero-order valence-electron chi connectivity index (χ0n) is 16.5. The molecule has 2 aromatic carbocycles. The quantitative estimate of drug-likeness (QED) is 0.554. The highest BCUT2D eigenvalue weighted by Crippen LogP contribution is 2.26. The van der Waals surface area contributed by atoms with Crippen LogP contribution in [0.2, 0.25) is 0 Å². The van der Waals surface area contributed by atoms with E-state index in [1.807, 2.05) is 13.0 Å². The number of hydrogen-bond acceptors (Lipinski definition) is 3. The molecule has 0 aliphatic carbocycles. The van der Waals surface area contributed by atoms with Crippen LogP contribution in [0.1, 0.15) is 5.56 Å². The molecule has 0 spiro atoms. The molecule has 6 nitrogen and oxygen atoms in total. The number of fused-ring (bicyclic) bond motifs is 1. The molecule has 1 amide bonds. The molecule has 0 radical (unpaired) electrons. The zero-order chi connectivity index (χ0) is 22.3. The van der Waals surface area contributed by atoms with Crippen LogP contribution < -0.4 is 5.69 Å². The highest BCUT2D eigenvalue weighted by molar-refractivity contribution is 9.10. The van der Waals surface area contributed by atoms with Gasteiger partial charge in [-0.2, -0.15) is 13.2 Å². The minimum atomic E-state index is -4.55. The summed E-state index contributed by atoms with van der Waals surface area (Å²) in [4.78, 5) is 27.2. The molecule has 31 heavy (non-hydrogen) atoms. The number of halogens is 4. The van der Waals surface area contributed by atoms with Gasteiger partial charge in [-0.1, -0.05) is 28.1 Å². The average Bonchev–Trinajstić information content (AvgIpc) is 3.01. The number of alkyl halides is 3. The number of morpholine rings is 1. The van der Waals surface area contributed by atoms with Gasteiger partial charge in [0.15, 0.2) is 6.10 Å². The lowest BCUT2D eigenvalue weighted by Gasteiger charge is -2.33. The van der Waals surface area contributed by atoms with E-state index in [0.29, 0.717) is 16.7 Å². The monoisotopic (exact) mass is 497 g/mol. The molecule has 1 unspecified atom stereocenters. The SMILES string of the molecule is Cc1cccc2c1n(-c1ccc(Br)cc1)c(=O)n2CC(=O)N1CCOC(C(F)(F)F)C1. The van der Waals surface area contributed by atoms with E-state index in [4.69, 9.17) is 4.74 Å². The fourth-order valence-corrected chi connectivity index (χ4v) is 4.03. The fraction of sp³-hybridized carbons (Fsp3) is 0.333. The third-order valence-electron chi connectivity index (χ3n) is 5.32.